The highest BCUT2D eigenvalue weighted by Crippen LogP contribution is 2.15. The zero-order valence-electron chi connectivity index (χ0n) is 9.73. The fourth-order valence-corrected chi connectivity index (χ4v) is 1.78. The third-order valence-electron chi connectivity index (χ3n) is 2.55. The van der Waals surface area contributed by atoms with Gasteiger partial charge in [0.15, 0.2) is 0 Å². The minimum Gasteiger partial charge on any atom is -0.326 e. The summed E-state index contributed by atoms with van der Waals surface area (Å²) in [6.07, 6.45) is 6.59. The first kappa shape index (κ1) is 11.7. The Bertz CT molecular complexity index is 507. The normalized spacial score (nSPS) is 10.8. The first-order valence-corrected chi connectivity index (χ1v) is 5.63. The number of nitrogens with two attached hydrogens (primary N) is 1. The van der Waals surface area contributed by atoms with Gasteiger partial charge in [-0.3, -0.25) is 4.57 Å². The van der Waals surface area contributed by atoms with Crippen molar-refractivity contribution in [2.45, 2.75) is 26.3 Å². The van der Waals surface area contributed by atoms with E-state index in [4.69, 9.17) is 5.73 Å². The van der Waals surface area contributed by atoms with Gasteiger partial charge in [-0.1, -0.05) is 6.92 Å². The molecule has 2 N–H and O–H groups in total. The molecule has 2 aromatic rings. The highest BCUT2D eigenvalue weighted by Gasteiger charge is 2.10. The van der Waals surface area contributed by atoms with Gasteiger partial charge in [0.1, 0.15) is 17.5 Å². The molecule has 4 nitrogen and oxygen atoms in total. The molecule has 0 amide bonds. The molecule has 2 heterocycles. The molecule has 17 heavy (non-hydrogen) atoms. The number of hydrogen-bond donors (Lipinski definition) is 1. The number of aromatic nitrogens is 3. The molecule has 0 atom stereocenters. The van der Waals surface area contributed by atoms with E-state index in [1.54, 1.807) is 6.20 Å². The molecular weight excluding hydrogens is 219 g/mol. The Kier molecular flexibility index (Phi) is 3.49. The van der Waals surface area contributed by atoms with Crippen molar-refractivity contribution in [3.8, 4) is 5.82 Å². The number of imidazole rings is 1. The van der Waals surface area contributed by atoms with Crippen molar-refractivity contribution >= 4 is 0 Å². The summed E-state index contributed by atoms with van der Waals surface area (Å²) in [5.41, 5.74) is 6.29. The van der Waals surface area contributed by atoms with E-state index < -0.39 is 0 Å². The van der Waals surface area contributed by atoms with Crippen molar-refractivity contribution < 1.29 is 4.39 Å². The highest BCUT2D eigenvalue weighted by atomic mass is 19.1. The average Bonchev–Trinajstić information content (AvgIpc) is 2.77. The van der Waals surface area contributed by atoms with E-state index in [1.165, 1.54) is 12.3 Å². The van der Waals surface area contributed by atoms with Gasteiger partial charge < -0.3 is 5.73 Å². The van der Waals surface area contributed by atoms with E-state index in [0.29, 0.717) is 11.4 Å². The summed E-state index contributed by atoms with van der Waals surface area (Å²) in [4.78, 5) is 8.37. The maximum absolute atomic E-state index is 13.1. The van der Waals surface area contributed by atoms with Crippen molar-refractivity contribution in [2.24, 2.45) is 5.73 Å². The number of nitrogens with zero attached hydrogens (tertiary/aromatic N) is 3. The molecular formula is C12H15FN4. The van der Waals surface area contributed by atoms with Crippen LogP contribution in [-0.4, -0.2) is 14.5 Å². The third-order valence-corrected chi connectivity index (χ3v) is 2.55. The average molecular weight is 234 g/mol. The molecule has 0 fully saturated rings. The van der Waals surface area contributed by atoms with Crippen molar-refractivity contribution in [1.82, 2.24) is 14.5 Å². The van der Waals surface area contributed by atoms with Gasteiger partial charge in [0.05, 0.1) is 6.20 Å². The smallest absolute Gasteiger partial charge is 0.142 e. The van der Waals surface area contributed by atoms with Crippen molar-refractivity contribution in [1.29, 1.82) is 0 Å². The second-order valence-corrected chi connectivity index (χ2v) is 3.80. The predicted octanol–water partition coefficient (Wildman–Crippen LogP) is 1.82. The molecule has 0 unspecified atom stereocenters. The number of aryl methyl sites for hydroxylation is 1. The topological polar surface area (TPSA) is 56.7 Å². The summed E-state index contributed by atoms with van der Waals surface area (Å²) in [6.45, 7) is 2.34. The van der Waals surface area contributed by atoms with E-state index in [1.807, 2.05) is 10.8 Å². The molecule has 2 rings (SSSR count). The fourth-order valence-electron chi connectivity index (χ4n) is 1.78. The molecule has 0 aliphatic heterocycles. The lowest BCUT2D eigenvalue weighted by Crippen LogP contribution is -2.09. The van der Waals surface area contributed by atoms with Crippen LogP contribution in [0.1, 0.15) is 24.7 Å². The maximum atomic E-state index is 13.1. The molecule has 90 valence electrons. The first-order valence-electron chi connectivity index (χ1n) is 5.63. The van der Waals surface area contributed by atoms with Crippen molar-refractivity contribution in [3.63, 3.8) is 0 Å². The Hall–Kier alpha value is -1.75. The van der Waals surface area contributed by atoms with Crippen LogP contribution in [0.2, 0.25) is 0 Å². The summed E-state index contributed by atoms with van der Waals surface area (Å²) in [5.74, 6) is 1.21. The molecule has 0 bridgehead atoms. The summed E-state index contributed by atoms with van der Waals surface area (Å²) >= 11 is 0. The molecule has 2 aromatic heterocycles. The van der Waals surface area contributed by atoms with Gasteiger partial charge in [0, 0.05) is 30.9 Å². The Morgan fingerprint density at radius 2 is 2.24 bits per heavy atom. The standard InChI is InChI=1S/C12H15FN4/c1-2-3-11-15-4-5-17(11)12-9(7-14)6-10(13)8-16-12/h4-6,8H,2-3,7,14H2,1H3. The van der Waals surface area contributed by atoms with Crippen LogP contribution >= 0.6 is 0 Å². The highest BCUT2D eigenvalue weighted by molar-refractivity contribution is 5.35. The van der Waals surface area contributed by atoms with Crippen LogP contribution in [0.3, 0.4) is 0 Å². The van der Waals surface area contributed by atoms with E-state index in [2.05, 4.69) is 16.9 Å². The SMILES string of the molecule is CCCc1nccn1-c1ncc(F)cc1CN. The maximum Gasteiger partial charge on any atom is 0.142 e. The lowest BCUT2D eigenvalue weighted by molar-refractivity contribution is 0.616. The molecule has 0 aliphatic rings. The van der Waals surface area contributed by atoms with Crippen LogP contribution in [0.25, 0.3) is 5.82 Å². The van der Waals surface area contributed by atoms with Gasteiger partial charge >= 0.3 is 0 Å². The quantitative estimate of drug-likeness (QED) is 0.877. The molecule has 0 saturated carbocycles. The Labute approximate surface area is 99.3 Å². The summed E-state index contributed by atoms with van der Waals surface area (Å²) in [7, 11) is 0. The van der Waals surface area contributed by atoms with Crippen molar-refractivity contribution in [3.05, 3.63) is 41.9 Å². The second kappa shape index (κ2) is 5.05. The Morgan fingerprint density at radius 3 is 2.94 bits per heavy atom. The van der Waals surface area contributed by atoms with Gasteiger partial charge in [0.25, 0.3) is 0 Å². The van der Waals surface area contributed by atoms with Crippen LogP contribution in [0.15, 0.2) is 24.7 Å². The number of pyridine rings is 1. The van der Waals surface area contributed by atoms with E-state index in [-0.39, 0.29) is 12.4 Å². The van der Waals surface area contributed by atoms with E-state index >= 15 is 0 Å². The van der Waals surface area contributed by atoms with Crippen LogP contribution in [0.5, 0.6) is 0 Å². The van der Waals surface area contributed by atoms with Crippen molar-refractivity contribution in [2.75, 3.05) is 0 Å². The third kappa shape index (κ3) is 2.34. The van der Waals surface area contributed by atoms with Crippen LogP contribution in [-0.2, 0) is 13.0 Å². The predicted molar refractivity (Wildman–Crippen MR) is 63.2 cm³/mol. The van der Waals surface area contributed by atoms with Gasteiger partial charge in [-0.15, -0.1) is 0 Å². The van der Waals surface area contributed by atoms with Crippen LogP contribution in [0, 0.1) is 5.82 Å². The molecule has 5 heteroatoms. The van der Waals surface area contributed by atoms with Crippen LogP contribution < -0.4 is 5.73 Å². The lowest BCUT2D eigenvalue weighted by atomic mass is 10.2. The minimum absolute atomic E-state index is 0.254. The number of hydrogen-bond acceptors (Lipinski definition) is 3. The number of halogens is 1. The molecule has 0 spiro atoms. The summed E-state index contributed by atoms with van der Waals surface area (Å²) < 4.78 is 14.9. The largest absolute Gasteiger partial charge is 0.326 e. The van der Waals surface area contributed by atoms with E-state index in [0.717, 1.165) is 18.7 Å². The molecule has 0 aliphatic carbocycles. The van der Waals surface area contributed by atoms with Gasteiger partial charge in [-0.25, -0.2) is 14.4 Å². The van der Waals surface area contributed by atoms with Crippen LogP contribution in [0.4, 0.5) is 4.39 Å². The lowest BCUT2D eigenvalue weighted by Gasteiger charge is -2.10. The molecule has 0 aromatic carbocycles. The Balaban J connectivity index is 2.48. The summed E-state index contributed by atoms with van der Waals surface area (Å²) in [6, 6.07) is 1.41. The molecule has 0 saturated heterocycles. The van der Waals surface area contributed by atoms with Gasteiger partial charge in [-0.05, 0) is 12.5 Å². The number of rotatable bonds is 4. The molecule has 0 radical (unpaired) electrons. The first-order chi connectivity index (χ1) is 8.26. The zero-order valence-corrected chi connectivity index (χ0v) is 9.73. The zero-order chi connectivity index (χ0) is 12.3. The van der Waals surface area contributed by atoms with Gasteiger partial charge in [0.2, 0.25) is 0 Å². The second-order valence-electron chi connectivity index (χ2n) is 3.80. The van der Waals surface area contributed by atoms with E-state index in [9.17, 15) is 4.39 Å². The monoisotopic (exact) mass is 234 g/mol. The minimum atomic E-state index is -0.369. The fraction of sp³-hybridized carbons (Fsp3) is 0.333. The summed E-state index contributed by atoms with van der Waals surface area (Å²) in [5, 5.41) is 0. The Morgan fingerprint density at radius 1 is 1.41 bits per heavy atom. The van der Waals surface area contributed by atoms with Gasteiger partial charge in [-0.2, -0.15) is 0 Å².